The van der Waals surface area contributed by atoms with Crippen molar-refractivity contribution in [1.29, 1.82) is 0 Å². The smallest absolute Gasteiger partial charge is 0.311 e. The predicted molar refractivity (Wildman–Crippen MR) is 92.4 cm³/mol. The number of carbonyl (C=O) groups excluding carboxylic acids is 2. The van der Waals surface area contributed by atoms with Gasteiger partial charge in [-0.2, -0.15) is 5.10 Å². The van der Waals surface area contributed by atoms with Gasteiger partial charge in [0.25, 0.3) is 0 Å². The first-order valence-electron chi connectivity index (χ1n) is 7.50. The zero-order valence-electron chi connectivity index (χ0n) is 13.8. The number of hydrogen-bond acceptors (Lipinski definition) is 6. The lowest BCUT2D eigenvalue weighted by atomic mass is 10.3. The van der Waals surface area contributed by atoms with Gasteiger partial charge in [-0.15, -0.1) is 11.3 Å². The molecule has 0 spiro atoms. The molecule has 0 atom stereocenters. The van der Waals surface area contributed by atoms with Crippen molar-refractivity contribution >= 4 is 39.9 Å². The Morgan fingerprint density at radius 1 is 1.42 bits per heavy atom. The van der Waals surface area contributed by atoms with Crippen LogP contribution in [0.2, 0.25) is 5.02 Å². The number of nitrogens with zero attached hydrogens (tertiary/aromatic N) is 3. The number of thiazole rings is 1. The molecule has 0 radical (unpaired) electrons. The number of carbonyl (C=O) groups is 2. The number of anilines is 1. The summed E-state index contributed by atoms with van der Waals surface area (Å²) in [5.41, 5.74) is 2.17. The third-order valence-electron chi connectivity index (χ3n) is 3.27. The van der Waals surface area contributed by atoms with Gasteiger partial charge in [-0.25, -0.2) is 4.98 Å². The number of nitrogens with one attached hydrogen (secondary N) is 1. The molecule has 1 amide bonds. The van der Waals surface area contributed by atoms with Crippen LogP contribution in [0.25, 0.3) is 0 Å². The summed E-state index contributed by atoms with van der Waals surface area (Å²) in [4.78, 5) is 27.6. The van der Waals surface area contributed by atoms with E-state index in [4.69, 9.17) is 16.3 Å². The molecular weight excluding hydrogens is 352 g/mol. The second kappa shape index (κ2) is 8.25. The van der Waals surface area contributed by atoms with E-state index in [1.165, 1.54) is 11.3 Å². The van der Waals surface area contributed by atoms with Crippen molar-refractivity contribution < 1.29 is 14.3 Å². The Morgan fingerprint density at radius 3 is 2.79 bits per heavy atom. The van der Waals surface area contributed by atoms with Crippen molar-refractivity contribution in [3.8, 4) is 0 Å². The van der Waals surface area contributed by atoms with Crippen LogP contribution < -0.4 is 5.32 Å². The summed E-state index contributed by atoms with van der Waals surface area (Å²) in [5, 5.41) is 9.82. The molecule has 2 aromatic rings. The summed E-state index contributed by atoms with van der Waals surface area (Å²) >= 11 is 7.36. The van der Waals surface area contributed by atoms with E-state index in [2.05, 4.69) is 15.4 Å². The third kappa shape index (κ3) is 4.78. The fraction of sp³-hybridized carbons (Fsp3) is 0.467. The zero-order chi connectivity index (χ0) is 17.7. The monoisotopic (exact) mass is 370 g/mol. The summed E-state index contributed by atoms with van der Waals surface area (Å²) in [6, 6.07) is 0. The number of halogens is 1. The Hall–Kier alpha value is -1.93. The second-order valence-electron chi connectivity index (χ2n) is 5.13. The van der Waals surface area contributed by atoms with Crippen LogP contribution in [0.3, 0.4) is 0 Å². The lowest BCUT2D eigenvalue weighted by molar-refractivity contribution is -0.142. The molecule has 2 rings (SSSR count). The number of hydrogen-bond donors (Lipinski definition) is 1. The standard InChI is InChI=1S/C15H19ClN4O3S/c1-4-23-13(22)7-11-8-24-15(17-11)18-12(21)5-6-20-10(3)14(16)9(2)19-20/h8H,4-7H2,1-3H3,(H,17,18,21). The molecule has 0 unspecified atom stereocenters. The summed E-state index contributed by atoms with van der Waals surface area (Å²) in [6.45, 7) is 6.21. The molecule has 9 heteroatoms. The number of rotatable bonds is 7. The molecule has 0 aromatic carbocycles. The van der Waals surface area contributed by atoms with Crippen molar-refractivity contribution in [2.75, 3.05) is 11.9 Å². The highest BCUT2D eigenvalue weighted by Gasteiger charge is 2.13. The molecule has 0 aliphatic rings. The normalized spacial score (nSPS) is 10.7. The van der Waals surface area contributed by atoms with Crippen LogP contribution in [0.1, 0.15) is 30.4 Å². The topological polar surface area (TPSA) is 86.1 Å². The maximum Gasteiger partial charge on any atom is 0.311 e. The highest BCUT2D eigenvalue weighted by molar-refractivity contribution is 7.13. The van der Waals surface area contributed by atoms with Crippen LogP contribution in [0, 0.1) is 13.8 Å². The number of esters is 1. The van der Waals surface area contributed by atoms with Crippen LogP contribution in [-0.4, -0.2) is 33.2 Å². The lowest BCUT2D eigenvalue weighted by Crippen LogP contribution is -2.15. The van der Waals surface area contributed by atoms with E-state index < -0.39 is 0 Å². The highest BCUT2D eigenvalue weighted by Crippen LogP contribution is 2.19. The average Bonchev–Trinajstić information content (AvgIpc) is 3.05. The summed E-state index contributed by atoms with van der Waals surface area (Å²) in [7, 11) is 0. The zero-order valence-corrected chi connectivity index (χ0v) is 15.3. The van der Waals surface area contributed by atoms with E-state index in [-0.39, 0.29) is 24.7 Å². The molecule has 0 saturated carbocycles. The molecule has 1 N–H and O–H groups in total. The van der Waals surface area contributed by atoms with Crippen molar-refractivity contribution in [3.63, 3.8) is 0 Å². The van der Waals surface area contributed by atoms with Crippen LogP contribution in [0.4, 0.5) is 5.13 Å². The van der Waals surface area contributed by atoms with Gasteiger partial charge in [-0.3, -0.25) is 14.3 Å². The van der Waals surface area contributed by atoms with Crippen LogP contribution >= 0.6 is 22.9 Å². The van der Waals surface area contributed by atoms with E-state index in [0.717, 1.165) is 11.4 Å². The molecule has 130 valence electrons. The fourth-order valence-electron chi connectivity index (χ4n) is 2.09. The minimum atomic E-state index is -0.331. The first kappa shape index (κ1) is 18.4. The van der Waals surface area contributed by atoms with Crippen molar-refractivity contribution in [3.05, 3.63) is 27.5 Å². The Morgan fingerprint density at radius 2 is 2.17 bits per heavy atom. The Bertz CT molecular complexity index is 741. The van der Waals surface area contributed by atoms with Crippen LogP contribution in [0.15, 0.2) is 5.38 Å². The van der Waals surface area contributed by atoms with Crippen LogP contribution in [-0.2, 0) is 27.3 Å². The van der Waals surface area contributed by atoms with Gasteiger partial charge in [0.2, 0.25) is 5.91 Å². The number of ether oxygens (including phenoxy) is 1. The lowest BCUT2D eigenvalue weighted by Gasteiger charge is -2.04. The molecule has 0 fully saturated rings. The summed E-state index contributed by atoms with van der Waals surface area (Å²) in [5.74, 6) is -0.502. The molecule has 0 aliphatic heterocycles. The fourth-order valence-corrected chi connectivity index (χ4v) is 2.95. The van der Waals surface area contributed by atoms with Gasteiger partial charge in [0, 0.05) is 11.8 Å². The van der Waals surface area contributed by atoms with Crippen LogP contribution in [0.5, 0.6) is 0 Å². The van der Waals surface area contributed by atoms with Gasteiger partial charge in [0.1, 0.15) is 0 Å². The van der Waals surface area contributed by atoms with Gasteiger partial charge in [-0.05, 0) is 20.8 Å². The first-order chi connectivity index (χ1) is 11.4. The molecule has 2 aromatic heterocycles. The second-order valence-corrected chi connectivity index (χ2v) is 6.37. The van der Waals surface area contributed by atoms with Crippen molar-refractivity contribution in [1.82, 2.24) is 14.8 Å². The predicted octanol–water partition coefficient (Wildman–Crippen LogP) is 2.74. The highest BCUT2D eigenvalue weighted by atomic mass is 35.5. The summed E-state index contributed by atoms with van der Waals surface area (Å²) < 4.78 is 6.58. The maximum absolute atomic E-state index is 12.0. The molecule has 0 bridgehead atoms. The van der Waals surface area contributed by atoms with Gasteiger partial charge in [-0.1, -0.05) is 11.6 Å². The van der Waals surface area contributed by atoms with Crippen molar-refractivity contribution in [2.24, 2.45) is 0 Å². The van der Waals surface area contributed by atoms with Gasteiger partial charge in [0.15, 0.2) is 5.13 Å². The molecule has 0 saturated heterocycles. The molecular formula is C15H19ClN4O3S. The largest absolute Gasteiger partial charge is 0.466 e. The van der Waals surface area contributed by atoms with Gasteiger partial charge < -0.3 is 10.1 Å². The number of amides is 1. The van der Waals surface area contributed by atoms with E-state index in [1.54, 1.807) is 17.0 Å². The minimum absolute atomic E-state index is 0.102. The number of aryl methyl sites for hydroxylation is 2. The molecule has 2 heterocycles. The Kier molecular flexibility index (Phi) is 6.33. The van der Waals surface area contributed by atoms with E-state index in [1.807, 2.05) is 13.8 Å². The van der Waals surface area contributed by atoms with E-state index in [0.29, 0.717) is 29.0 Å². The SMILES string of the molecule is CCOC(=O)Cc1csc(NC(=O)CCn2nc(C)c(Cl)c2C)n1. The van der Waals surface area contributed by atoms with E-state index in [9.17, 15) is 9.59 Å². The van der Waals surface area contributed by atoms with Crippen molar-refractivity contribution in [2.45, 2.75) is 40.2 Å². The number of aromatic nitrogens is 3. The maximum atomic E-state index is 12.0. The summed E-state index contributed by atoms with van der Waals surface area (Å²) in [6.07, 6.45) is 0.357. The molecule has 0 aliphatic carbocycles. The molecule has 7 nitrogen and oxygen atoms in total. The third-order valence-corrected chi connectivity index (χ3v) is 4.63. The van der Waals surface area contributed by atoms with Gasteiger partial charge in [0.05, 0.1) is 41.7 Å². The molecule has 24 heavy (non-hydrogen) atoms. The Balaban J connectivity index is 1.85. The van der Waals surface area contributed by atoms with Gasteiger partial charge >= 0.3 is 5.97 Å². The first-order valence-corrected chi connectivity index (χ1v) is 8.75. The quantitative estimate of drug-likeness (QED) is 0.757. The van der Waals surface area contributed by atoms with E-state index >= 15 is 0 Å². The Labute approximate surface area is 149 Å². The average molecular weight is 371 g/mol. The minimum Gasteiger partial charge on any atom is -0.466 e.